The summed E-state index contributed by atoms with van der Waals surface area (Å²) in [4.78, 5) is 4.18. The number of para-hydroxylation sites is 1. The Bertz CT molecular complexity index is 299. The molecule has 0 aliphatic carbocycles. The van der Waals surface area contributed by atoms with Gasteiger partial charge in [0.25, 0.3) is 0 Å². The first-order valence-corrected chi connectivity index (χ1v) is 3.88. The van der Waals surface area contributed by atoms with Crippen LogP contribution in [-0.2, 0) is 4.57 Å². The molecular weight excluding hydrogens is 169 g/mol. The van der Waals surface area contributed by atoms with E-state index in [1.807, 2.05) is 30.5 Å². The number of aromatic nitrogens is 1. The highest BCUT2D eigenvalue weighted by Gasteiger charge is 1.86. The zero-order valence-corrected chi connectivity index (χ0v) is 7.40. The summed E-state index contributed by atoms with van der Waals surface area (Å²) in [6.45, 7) is 0. The molecule has 1 aromatic heterocycles. The maximum absolute atomic E-state index is 8.06. The summed E-state index contributed by atoms with van der Waals surface area (Å²) >= 11 is 0. The van der Waals surface area contributed by atoms with Crippen LogP contribution in [0.5, 0.6) is 0 Å². The standard InChI is InChI=1S/C9H7N.HOP/c1-2-6-9-8(4-1)5-3-7-10-9;1-2/h1-7H;2H. The van der Waals surface area contributed by atoms with Crippen molar-refractivity contribution in [3.63, 3.8) is 0 Å². The number of hydrogen-bond acceptors (Lipinski definition) is 2. The second kappa shape index (κ2) is 4.58. The van der Waals surface area contributed by atoms with Crippen molar-refractivity contribution in [2.75, 3.05) is 0 Å². The highest BCUT2D eigenvalue weighted by molar-refractivity contribution is 7.00. The maximum Gasteiger partial charge on any atom is 0.138 e. The van der Waals surface area contributed by atoms with Crippen LogP contribution in [-0.4, -0.2) is 4.98 Å². The van der Waals surface area contributed by atoms with Gasteiger partial charge in [-0.3, -0.25) is 9.55 Å². The molecule has 0 radical (unpaired) electrons. The molecule has 0 bridgehead atoms. The van der Waals surface area contributed by atoms with E-state index in [-0.39, 0.29) is 0 Å². The van der Waals surface area contributed by atoms with E-state index in [0.717, 1.165) is 5.52 Å². The maximum atomic E-state index is 8.06. The molecule has 0 aliphatic rings. The van der Waals surface area contributed by atoms with Crippen LogP contribution in [0.4, 0.5) is 0 Å². The van der Waals surface area contributed by atoms with Gasteiger partial charge in [0.05, 0.1) is 5.52 Å². The molecular formula is C9H8NOP. The second-order valence-electron chi connectivity index (χ2n) is 2.20. The van der Waals surface area contributed by atoms with Gasteiger partial charge in [0.2, 0.25) is 0 Å². The molecule has 60 valence electrons. The molecule has 2 nitrogen and oxygen atoms in total. The van der Waals surface area contributed by atoms with Crippen molar-refractivity contribution in [2.24, 2.45) is 0 Å². The fraction of sp³-hybridized carbons (Fsp3) is 0. The third-order valence-electron chi connectivity index (χ3n) is 1.51. The summed E-state index contributed by atoms with van der Waals surface area (Å²) < 4.78 is 8.06. The van der Waals surface area contributed by atoms with Crippen LogP contribution in [0.2, 0.25) is 0 Å². The van der Waals surface area contributed by atoms with E-state index >= 15 is 0 Å². The van der Waals surface area contributed by atoms with Crippen LogP contribution in [0, 0.1) is 0 Å². The van der Waals surface area contributed by atoms with E-state index in [4.69, 9.17) is 4.57 Å². The highest BCUT2D eigenvalue weighted by atomic mass is 31.0. The molecule has 0 unspecified atom stereocenters. The fourth-order valence-corrected chi connectivity index (χ4v) is 1.02. The lowest BCUT2D eigenvalue weighted by Crippen LogP contribution is -1.73. The van der Waals surface area contributed by atoms with Gasteiger partial charge in [-0.05, 0) is 12.1 Å². The molecule has 0 spiro atoms. The minimum Gasteiger partial charge on any atom is -0.279 e. The number of pyridine rings is 1. The molecule has 12 heavy (non-hydrogen) atoms. The molecule has 0 saturated heterocycles. The highest BCUT2D eigenvalue weighted by Crippen LogP contribution is 2.07. The normalized spacial score (nSPS) is 8.67. The van der Waals surface area contributed by atoms with Gasteiger partial charge in [0.15, 0.2) is 0 Å². The van der Waals surface area contributed by atoms with Crippen LogP contribution >= 0.6 is 9.12 Å². The predicted molar refractivity (Wildman–Crippen MR) is 50.7 cm³/mol. The zero-order chi connectivity index (χ0) is 8.81. The van der Waals surface area contributed by atoms with E-state index in [9.17, 15) is 0 Å². The van der Waals surface area contributed by atoms with Crippen molar-refractivity contribution in [3.8, 4) is 0 Å². The van der Waals surface area contributed by atoms with Gasteiger partial charge < -0.3 is 0 Å². The number of benzene rings is 1. The first-order chi connectivity index (χ1) is 5.97. The van der Waals surface area contributed by atoms with Crippen molar-refractivity contribution in [3.05, 3.63) is 42.6 Å². The largest absolute Gasteiger partial charge is 0.279 e. The lowest BCUT2D eigenvalue weighted by Gasteiger charge is -1.91. The Morgan fingerprint density at radius 1 is 1.00 bits per heavy atom. The number of fused-ring (bicyclic) bond motifs is 1. The van der Waals surface area contributed by atoms with Gasteiger partial charge in [-0.15, -0.1) is 0 Å². The van der Waals surface area contributed by atoms with Gasteiger partial charge >= 0.3 is 0 Å². The van der Waals surface area contributed by atoms with Gasteiger partial charge in [0, 0.05) is 11.6 Å². The Hall–Kier alpha value is -1.27. The van der Waals surface area contributed by atoms with Crippen LogP contribution in [0.3, 0.4) is 0 Å². The van der Waals surface area contributed by atoms with Crippen molar-refractivity contribution in [1.29, 1.82) is 0 Å². The predicted octanol–water partition coefficient (Wildman–Crippen LogP) is 2.71. The number of rotatable bonds is 0. The molecule has 2 rings (SSSR count). The molecule has 0 atom stereocenters. The summed E-state index contributed by atoms with van der Waals surface area (Å²) in [6.07, 6.45) is 1.81. The van der Waals surface area contributed by atoms with Crippen LogP contribution < -0.4 is 0 Å². The molecule has 0 N–H and O–H groups in total. The smallest absolute Gasteiger partial charge is 0.138 e. The summed E-state index contributed by atoms with van der Waals surface area (Å²) in [6, 6.07) is 12.1. The molecule has 0 fully saturated rings. The zero-order valence-electron chi connectivity index (χ0n) is 6.40. The molecule has 3 heteroatoms. The number of nitrogens with zero attached hydrogens (tertiary/aromatic N) is 1. The SMILES string of the molecule is O=P.c1ccc2ncccc2c1. The Balaban J connectivity index is 0.000000336. The van der Waals surface area contributed by atoms with Gasteiger partial charge in [-0.2, -0.15) is 0 Å². The lowest BCUT2D eigenvalue weighted by molar-refractivity contribution is 0.607. The van der Waals surface area contributed by atoms with Gasteiger partial charge in [0.1, 0.15) is 9.12 Å². The quantitative estimate of drug-likeness (QED) is 0.579. The summed E-state index contributed by atoms with van der Waals surface area (Å²) in [5, 5.41) is 1.20. The molecule has 1 heterocycles. The van der Waals surface area contributed by atoms with Crippen molar-refractivity contribution < 1.29 is 4.57 Å². The Morgan fingerprint density at radius 2 is 1.67 bits per heavy atom. The monoisotopic (exact) mass is 177 g/mol. The first kappa shape index (κ1) is 8.82. The van der Waals surface area contributed by atoms with Crippen LogP contribution in [0.15, 0.2) is 42.6 Å². The van der Waals surface area contributed by atoms with Gasteiger partial charge in [-0.25, -0.2) is 0 Å². The topological polar surface area (TPSA) is 30.0 Å². The Labute approximate surface area is 72.9 Å². The van der Waals surface area contributed by atoms with Gasteiger partial charge in [-0.1, -0.05) is 24.3 Å². The lowest BCUT2D eigenvalue weighted by atomic mass is 10.2. The third-order valence-corrected chi connectivity index (χ3v) is 1.51. The molecule has 0 aliphatic heterocycles. The third kappa shape index (κ3) is 1.86. The molecule has 0 saturated carbocycles. The van der Waals surface area contributed by atoms with Crippen molar-refractivity contribution in [2.45, 2.75) is 0 Å². The van der Waals surface area contributed by atoms with Crippen molar-refractivity contribution >= 4 is 20.0 Å². The Morgan fingerprint density at radius 3 is 2.42 bits per heavy atom. The van der Waals surface area contributed by atoms with Crippen LogP contribution in [0.1, 0.15) is 0 Å². The van der Waals surface area contributed by atoms with Crippen molar-refractivity contribution in [1.82, 2.24) is 4.98 Å². The Kier molecular flexibility index (Phi) is 3.36. The van der Waals surface area contributed by atoms with E-state index in [2.05, 4.69) is 17.1 Å². The minimum absolute atomic E-state index is 1.06. The van der Waals surface area contributed by atoms with Crippen LogP contribution in [0.25, 0.3) is 10.9 Å². The summed E-state index contributed by atoms with van der Waals surface area (Å²) in [5.41, 5.74) is 1.06. The van der Waals surface area contributed by atoms with E-state index < -0.39 is 0 Å². The second-order valence-corrected chi connectivity index (χ2v) is 2.20. The number of hydrogen-bond donors (Lipinski definition) is 0. The molecule has 2 aromatic rings. The minimum atomic E-state index is 1.06. The average molecular weight is 177 g/mol. The summed E-state index contributed by atoms with van der Waals surface area (Å²) in [5.74, 6) is 0. The van der Waals surface area contributed by atoms with E-state index in [0.29, 0.717) is 0 Å². The summed E-state index contributed by atoms with van der Waals surface area (Å²) in [7, 11) is 1.72. The fourth-order valence-electron chi connectivity index (χ4n) is 1.02. The van der Waals surface area contributed by atoms with E-state index in [1.54, 1.807) is 9.12 Å². The molecule has 0 amide bonds. The first-order valence-electron chi connectivity index (χ1n) is 3.47. The average Bonchev–Trinajstić information content (AvgIpc) is 2.21. The molecule has 1 aromatic carbocycles. The van der Waals surface area contributed by atoms with E-state index in [1.165, 1.54) is 5.39 Å².